The Labute approximate surface area is 240 Å². The van der Waals surface area contributed by atoms with Crippen molar-refractivity contribution in [2.75, 3.05) is 0 Å². The van der Waals surface area contributed by atoms with Crippen molar-refractivity contribution >= 4 is 34.7 Å². The molecule has 0 N–H and O–H groups in total. The van der Waals surface area contributed by atoms with Crippen molar-refractivity contribution in [3.8, 4) is 22.4 Å². The van der Waals surface area contributed by atoms with E-state index in [2.05, 4.69) is 135 Å². The van der Waals surface area contributed by atoms with Crippen LogP contribution in [0, 0.1) is 0 Å². The molecular formula is C38H29NS. The van der Waals surface area contributed by atoms with Gasteiger partial charge in [-0.1, -0.05) is 111 Å². The summed E-state index contributed by atoms with van der Waals surface area (Å²) in [5.41, 5.74) is 11.4. The Morgan fingerprint density at radius 3 is 2.35 bits per heavy atom. The summed E-state index contributed by atoms with van der Waals surface area (Å²) in [6, 6.07) is 30.9. The average Bonchev–Trinajstić information content (AvgIpc) is 3.34. The molecule has 0 fully saturated rings. The molecule has 0 saturated carbocycles. The molecule has 2 unspecified atom stereocenters. The Morgan fingerprint density at radius 2 is 1.48 bits per heavy atom. The van der Waals surface area contributed by atoms with E-state index in [-0.39, 0.29) is 5.41 Å². The number of fused-ring (bicyclic) bond motifs is 8. The van der Waals surface area contributed by atoms with Gasteiger partial charge in [0.25, 0.3) is 0 Å². The number of rotatable bonds is 2. The summed E-state index contributed by atoms with van der Waals surface area (Å²) < 4.78 is 0. The highest BCUT2D eigenvalue weighted by Crippen LogP contribution is 2.53. The maximum atomic E-state index is 4.91. The molecular weight excluding hydrogens is 502 g/mol. The van der Waals surface area contributed by atoms with Crippen LogP contribution in [0.2, 0.25) is 0 Å². The summed E-state index contributed by atoms with van der Waals surface area (Å²) in [6.07, 6.45) is 15.9. The van der Waals surface area contributed by atoms with E-state index >= 15 is 0 Å². The fraction of sp³-hybridized carbons (Fsp3) is 0.132. The largest absolute Gasteiger partial charge is 0.256 e. The predicted molar refractivity (Wildman–Crippen MR) is 171 cm³/mol. The lowest BCUT2D eigenvalue weighted by Crippen LogP contribution is -2.22. The van der Waals surface area contributed by atoms with Gasteiger partial charge in [0.2, 0.25) is 0 Å². The second-order valence-corrected chi connectivity index (χ2v) is 12.7. The van der Waals surface area contributed by atoms with E-state index in [0.717, 1.165) is 5.69 Å². The molecule has 1 nitrogen and oxygen atoms in total. The van der Waals surface area contributed by atoms with Crippen molar-refractivity contribution in [1.29, 1.82) is 0 Å². The molecule has 1 aliphatic heterocycles. The normalized spacial score (nSPS) is 19.6. The van der Waals surface area contributed by atoms with E-state index in [4.69, 9.17) is 4.98 Å². The van der Waals surface area contributed by atoms with Crippen LogP contribution in [0.4, 0.5) is 0 Å². The minimum atomic E-state index is -0.185. The number of thioether (sulfide) groups is 1. The van der Waals surface area contributed by atoms with Gasteiger partial charge in [0.1, 0.15) is 0 Å². The van der Waals surface area contributed by atoms with Crippen LogP contribution in [-0.4, -0.2) is 10.2 Å². The lowest BCUT2D eigenvalue weighted by Gasteiger charge is -2.31. The molecule has 8 rings (SSSR count). The van der Waals surface area contributed by atoms with Gasteiger partial charge in [-0.2, -0.15) is 0 Å². The maximum Gasteiger partial charge on any atom is 0.0714 e. The highest BCUT2D eigenvalue weighted by atomic mass is 32.2. The van der Waals surface area contributed by atoms with Gasteiger partial charge in [0, 0.05) is 33.2 Å². The molecule has 1 aromatic heterocycles. The van der Waals surface area contributed by atoms with Gasteiger partial charge >= 0.3 is 0 Å². The van der Waals surface area contributed by atoms with Crippen LogP contribution < -0.4 is 0 Å². The van der Waals surface area contributed by atoms with Crippen LogP contribution in [0.3, 0.4) is 0 Å². The van der Waals surface area contributed by atoms with E-state index in [9.17, 15) is 0 Å². The van der Waals surface area contributed by atoms with Crippen LogP contribution in [0.15, 0.2) is 120 Å². The molecule has 40 heavy (non-hydrogen) atoms. The van der Waals surface area contributed by atoms with Crippen molar-refractivity contribution < 1.29 is 0 Å². The number of aromatic nitrogens is 1. The maximum absolute atomic E-state index is 4.91. The first-order valence-corrected chi connectivity index (χ1v) is 14.9. The standard InChI is InChI=1S/C38H29NS/c1-38(2)32-18-19-36-37(30-14-8-9-15-35(30)40-36)29(32)17-16-28-26-12-6-7-13-27(26)31(23-33(28)38)34-22-25(20-21-39-34)24-10-4-3-5-11-24/h3-23,30,35H,1-2H3. The van der Waals surface area contributed by atoms with Crippen LogP contribution in [0.25, 0.3) is 45.3 Å². The number of allylic oxidation sites excluding steroid dienone is 3. The molecule has 2 heterocycles. The van der Waals surface area contributed by atoms with Gasteiger partial charge in [-0.05, 0) is 74.0 Å². The number of nitrogens with zero attached hydrogens (tertiary/aromatic N) is 1. The van der Waals surface area contributed by atoms with Crippen molar-refractivity contribution in [3.05, 3.63) is 143 Å². The Kier molecular flexibility index (Phi) is 5.30. The Balaban J connectivity index is 1.36. The lowest BCUT2D eigenvalue weighted by molar-refractivity contribution is 0.637. The van der Waals surface area contributed by atoms with Crippen LogP contribution in [0.1, 0.15) is 47.6 Å². The zero-order chi connectivity index (χ0) is 26.8. The van der Waals surface area contributed by atoms with E-state index in [1.807, 2.05) is 18.0 Å². The van der Waals surface area contributed by atoms with Crippen LogP contribution >= 0.6 is 11.8 Å². The molecule has 3 aliphatic rings. The minimum Gasteiger partial charge on any atom is -0.256 e. The zero-order valence-corrected chi connectivity index (χ0v) is 23.5. The van der Waals surface area contributed by atoms with Gasteiger partial charge in [-0.15, -0.1) is 11.8 Å². The van der Waals surface area contributed by atoms with Crippen molar-refractivity contribution in [3.63, 3.8) is 0 Å². The second kappa shape index (κ2) is 8.94. The Bertz CT molecular complexity index is 1910. The molecule has 0 bridgehead atoms. The number of hydrogen-bond acceptors (Lipinski definition) is 2. The molecule has 0 saturated heterocycles. The third kappa shape index (κ3) is 3.52. The first-order valence-electron chi connectivity index (χ1n) is 14.0. The second-order valence-electron chi connectivity index (χ2n) is 11.5. The summed E-state index contributed by atoms with van der Waals surface area (Å²) in [7, 11) is 0. The molecule has 5 aromatic rings. The summed E-state index contributed by atoms with van der Waals surface area (Å²) in [6.45, 7) is 4.79. The number of benzene rings is 4. The molecule has 192 valence electrons. The third-order valence-corrected chi connectivity index (χ3v) is 10.3. The highest BCUT2D eigenvalue weighted by molar-refractivity contribution is 8.00. The molecule has 2 heteroatoms. The van der Waals surface area contributed by atoms with Gasteiger partial charge in [0.15, 0.2) is 0 Å². The predicted octanol–water partition coefficient (Wildman–Crippen LogP) is 10.1. The zero-order valence-electron chi connectivity index (χ0n) is 22.6. The van der Waals surface area contributed by atoms with Gasteiger partial charge < -0.3 is 0 Å². The van der Waals surface area contributed by atoms with Crippen molar-refractivity contribution in [1.82, 2.24) is 4.98 Å². The SMILES string of the molecule is CC1(C)c2ccc3c(c2C=Cc2c1cc(-c1cc(-c4ccccc4)ccn1)c1ccccc21)C1C=CC=CC1S3. The lowest BCUT2D eigenvalue weighted by atomic mass is 9.72. The quantitative estimate of drug-likeness (QED) is 0.225. The summed E-state index contributed by atoms with van der Waals surface area (Å²) in [5, 5.41) is 3.01. The Morgan fingerprint density at radius 1 is 0.700 bits per heavy atom. The number of hydrogen-bond donors (Lipinski definition) is 0. The van der Waals surface area contributed by atoms with Crippen LogP contribution in [-0.2, 0) is 5.41 Å². The van der Waals surface area contributed by atoms with E-state index < -0.39 is 0 Å². The molecule has 0 spiro atoms. The van der Waals surface area contributed by atoms with E-state index in [1.165, 1.54) is 60.2 Å². The molecule has 2 atom stereocenters. The minimum absolute atomic E-state index is 0.185. The number of pyridine rings is 1. The fourth-order valence-corrected chi connectivity index (χ4v) is 8.26. The Hall–Kier alpha value is -4.14. The molecule has 2 aliphatic carbocycles. The fourth-order valence-electron chi connectivity index (χ4n) is 6.90. The van der Waals surface area contributed by atoms with Crippen molar-refractivity contribution in [2.24, 2.45) is 0 Å². The summed E-state index contributed by atoms with van der Waals surface area (Å²) >= 11 is 2.01. The summed E-state index contributed by atoms with van der Waals surface area (Å²) in [5.74, 6) is 0.429. The highest BCUT2D eigenvalue weighted by Gasteiger charge is 2.38. The van der Waals surface area contributed by atoms with Gasteiger partial charge in [-0.25, -0.2) is 0 Å². The average molecular weight is 532 g/mol. The van der Waals surface area contributed by atoms with Crippen molar-refractivity contribution in [2.45, 2.75) is 35.3 Å². The monoisotopic (exact) mass is 531 g/mol. The molecule has 4 aromatic carbocycles. The summed E-state index contributed by atoms with van der Waals surface area (Å²) in [4.78, 5) is 6.33. The molecule has 0 amide bonds. The topological polar surface area (TPSA) is 12.9 Å². The van der Waals surface area contributed by atoms with Gasteiger partial charge in [0.05, 0.1) is 5.69 Å². The van der Waals surface area contributed by atoms with E-state index in [1.54, 1.807) is 0 Å². The third-order valence-electron chi connectivity index (χ3n) is 8.92. The smallest absolute Gasteiger partial charge is 0.0714 e. The van der Waals surface area contributed by atoms with E-state index in [0.29, 0.717) is 11.2 Å². The first kappa shape index (κ1) is 23.7. The molecule has 0 radical (unpaired) electrons. The van der Waals surface area contributed by atoms with Gasteiger partial charge in [-0.3, -0.25) is 4.98 Å². The first-order chi connectivity index (χ1) is 19.6. The van der Waals surface area contributed by atoms with Crippen LogP contribution in [0.5, 0.6) is 0 Å².